The normalized spacial score (nSPS) is 13.8. The number of aliphatic hydroxyl groups excluding tert-OH is 1. The van der Waals surface area contributed by atoms with Crippen molar-refractivity contribution in [2.75, 3.05) is 26.4 Å². The zero-order valence-electron chi connectivity index (χ0n) is 50.1. The lowest BCUT2D eigenvalue weighted by molar-refractivity contribution is -0.161. The van der Waals surface area contributed by atoms with Gasteiger partial charge in [0.1, 0.15) is 12.7 Å². The van der Waals surface area contributed by atoms with E-state index in [4.69, 9.17) is 23.3 Å². The summed E-state index contributed by atoms with van der Waals surface area (Å²) < 4.78 is 39.5. The third-order valence-corrected chi connectivity index (χ3v) is 14.6. The van der Waals surface area contributed by atoms with Gasteiger partial charge in [-0.3, -0.25) is 23.4 Å². The largest absolute Gasteiger partial charge is 0.472 e. The summed E-state index contributed by atoms with van der Waals surface area (Å²) in [6.07, 6.45) is 68.9. The molecule has 0 aliphatic heterocycles. The number of hydrogen-bond acceptors (Lipinski definition) is 10. The first-order valence-electron chi connectivity index (χ1n) is 31.8. The van der Waals surface area contributed by atoms with Crippen LogP contribution in [-0.2, 0) is 42.2 Å². The van der Waals surface area contributed by atoms with E-state index in [9.17, 15) is 28.9 Å². The first-order chi connectivity index (χ1) is 38.2. The van der Waals surface area contributed by atoms with Gasteiger partial charge in [-0.2, -0.15) is 0 Å². The summed E-state index contributed by atoms with van der Waals surface area (Å²) >= 11 is 0. The Labute approximate surface area is 478 Å². The van der Waals surface area contributed by atoms with Crippen molar-refractivity contribution in [3.8, 4) is 0 Å². The molecular weight excluding hydrogens is 1000 g/mol. The van der Waals surface area contributed by atoms with Gasteiger partial charge in [0.2, 0.25) is 0 Å². The summed E-state index contributed by atoms with van der Waals surface area (Å²) in [5, 5.41) is 9.82. The molecule has 2 N–H and O–H groups in total. The molecular formula is C66H117O11P. The summed E-state index contributed by atoms with van der Waals surface area (Å²) in [6, 6.07) is 0. The van der Waals surface area contributed by atoms with E-state index in [1.165, 1.54) is 167 Å². The highest BCUT2D eigenvalue weighted by Crippen LogP contribution is 2.43. The lowest BCUT2D eigenvalue weighted by atomic mass is 10.0. The first-order valence-corrected chi connectivity index (χ1v) is 33.3. The van der Waals surface area contributed by atoms with Crippen molar-refractivity contribution in [1.82, 2.24) is 0 Å². The van der Waals surface area contributed by atoms with Gasteiger partial charge >= 0.3 is 25.7 Å². The fourth-order valence-corrected chi connectivity index (χ4v) is 9.62. The summed E-state index contributed by atoms with van der Waals surface area (Å²) in [5.74, 6) is -1.59. The van der Waals surface area contributed by atoms with E-state index >= 15 is 0 Å². The molecule has 0 heterocycles. The third-order valence-electron chi connectivity index (χ3n) is 13.6. The highest BCUT2D eigenvalue weighted by Gasteiger charge is 2.28. The number of carbonyl (C=O) groups is 3. The van der Waals surface area contributed by atoms with Crippen molar-refractivity contribution < 1.29 is 52.2 Å². The standard InChI is InChI=1S/C66H117O11P/c1-4-7-10-13-16-19-22-25-28-30-31-33-36-39-42-45-48-51-54-57-66(70)77-63(59-73-64(68)55-52-49-46-43-40-37-35-32-29-26-23-20-17-14-11-8-5-2)61-75-78(71,72)74-60-62(58-67)76-65(69)56-53-50-47-44-41-38-34-27-24-21-18-15-12-9-6-3/h9,12,18,21,25,27-28,34,41,44,50,53,62-63,67H,4-8,10-11,13-17,19-20,22-24,26,29-33,35-40,42-43,45-49,51-52,54-61H2,1-3H3,(H,71,72)/b12-9-,21-18-,28-25-,34-27-,44-41-,53-50-. The molecule has 0 rings (SSSR count). The van der Waals surface area contributed by atoms with Gasteiger partial charge in [-0.1, -0.05) is 273 Å². The maximum Gasteiger partial charge on any atom is 0.472 e. The molecule has 0 bridgehead atoms. The molecule has 452 valence electrons. The van der Waals surface area contributed by atoms with Crippen LogP contribution < -0.4 is 0 Å². The van der Waals surface area contributed by atoms with Gasteiger partial charge in [-0.15, -0.1) is 0 Å². The van der Waals surface area contributed by atoms with Crippen molar-refractivity contribution in [2.45, 2.75) is 303 Å². The molecule has 3 atom stereocenters. The number of esters is 3. The number of unbranched alkanes of at least 4 members (excludes halogenated alkanes) is 31. The molecule has 0 spiro atoms. The number of rotatable bonds is 59. The van der Waals surface area contributed by atoms with Crippen molar-refractivity contribution in [2.24, 2.45) is 0 Å². The van der Waals surface area contributed by atoms with Crippen LogP contribution in [0.1, 0.15) is 290 Å². The van der Waals surface area contributed by atoms with Crippen LogP contribution in [0.25, 0.3) is 0 Å². The minimum atomic E-state index is -4.78. The number of ether oxygens (including phenoxy) is 3. The molecule has 3 unspecified atom stereocenters. The third kappa shape index (κ3) is 57.6. The minimum absolute atomic E-state index is 0.0551. The van der Waals surface area contributed by atoms with Crippen molar-refractivity contribution >= 4 is 25.7 Å². The van der Waals surface area contributed by atoms with Crippen LogP contribution in [0.5, 0.6) is 0 Å². The van der Waals surface area contributed by atoms with Crippen LogP contribution in [0.4, 0.5) is 0 Å². The number of phosphoric acid groups is 1. The zero-order valence-corrected chi connectivity index (χ0v) is 51.0. The molecule has 0 radical (unpaired) electrons. The van der Waals surface area contributed by atoms with Crippen LogP contribution in [0.3, 0.4) is 0 Å². The second-order valence-electron chi connectivity index (χ2n) is 21.2. The number of carbonyl (C=O) groups excluding carboxylic acids is 3. The van der Waals surface area contributed by atoms with Crippen molar-refractivity contribution in [3.05, 3.63) is 72.9 Å². The Morgan fingerprint density at radius 2 is 0.718 bits per heavy atom. The average molecular weight is 1120 g/mol. The molecule has 0 amide bonds. The van der Waals surface area contributed by atoms with E-state index in [0.717, 1.165) is 64.2 Å². The molecule has 0 aromatic carbocycles. The summed E-state index contributed by atoms with van der Waals surface area (Å²) in [6.45, 7) is 4.47. The molecule has 0 aliphatic rings. The predicted octanol–water partition coefficient (Wildman–Crippen LogP) is 19.3. The van der Waals surface area contributed by atoms with Gasteiger partial charge in [0.15, 0.2) is 6.10 Å². The van der Waals surface area contributed by atoms with Crippen LogP contribution in [0, 0.1) is 0 Å². The van der Waals surface area contributed by atoms with E-state index in [2.05, 4.69) is 69.4 Å². The number of aliphatic hydroxyl groups is 1. The monoisotopic (exact) mass is 1120 g/mol. The maximum absolute atomic E-state index is 13.0. The van der Waals surface area contributed by atoms with Crippen molar-refractivity contribution in [1.29, 1.82) is 0 Å². The summed E-state index contributed by atoms with van der Waals surface area (Å²) in [5.41, 5.74) is 0. The highest BCUT2D eigenvalue weighted by atomic mass is 31.2. The molecule has 78 heavy (non-hydrogen) atoms. The molecule has 0 saturated carbocycles. The predicted molar refractivity (Wildman–Crippen MR) is 325 cm³/mol. The second kappa shape index (κ2) is 60.0. The Balaban J connectivity index is 4.76. The molecule has 0 aromatic heterocycles. The van der Waals surface area contributed by atoms with E-state index < -0.39 is 57.8 Å². The summed E-state index contributed by atoms with van der Waals surface area (Å²) in [4.78, 5) is 48.6. The van der Waals surface area contributed by atoms with Crippen LogP contribution in [-0.4, -0.2) is 66.5 Å². The Hall–Kier alpha value is -3.08. The fraction of sp³-hybridized carbons (Fsp3) is 0.773. The average Bonchev–Trinajstić information content (AvgIpc) is 3.43. The number of hydrogen-bond donors (Lipinski definition) is 2. The molecule has 0 fully saturated rings. The quantitative estimate of drug-likeness (QED) is 0.0197. The van der Waals surface area contributed by atoms with E-state index in [1.807, 2.05) is 18.2 Å². The Kier molecular flexibility index (Phi) is 57.7. The SMILES string of the molecule is CC/C=C\C/C=C\C/C=C\C/C=C\C/C=C\CC(=O)OC(CO)COP(=O)(O)OCC(COC(=O)CCCCCCCCCCCCCCCCCCC)OC(=O)CCCCCCCCCCC/C=C\CCCCCCCC. The lowest BCUT2D eigenvalue weighted by Gasteiger charge is -2.21. The van der Waals surface area contributed by atoms with Gasteiger partial charge in [-0.25, -0.2) is 4.57 Å². The molecule has 0 aliphatic carbocycles. The van der Waals surface area contributed by atoms with E-state index in [1.54, 1.807) is 6.08 Å². The molecule has 12 heteroatoms. The number of phosphoric ester groups is 1. The highest BCUT2D eigenvalue weighted by molar-refractivity contribution is 7.47. The van der Waals surface area contributed by atoms with Crippen LogP contribution in [0.15, 0.2) is 72.9 Å². The second-order valence-corrected chi connectivity index (χ2v) is 22.7. The lowest BCUT2D eigenvalue weighted by Crippen LogP contribution is -2.30. The van der Waals surface area contributed by atoms with Gasteiger partial charge in [0.25, 0.3) is 0 Å². The van der Waals surface area contributed by atoms with Crippen LogP contribution >= 0.6 is 7.82 Å². The van der Waals surface area contributed by atoms with Gasteiger partial charge < -0.3 is 24.2 Å². The van der Waals surface area contributed by atoms with E-state index in [-0.39, 0.29) is 25.9 Å². The Morgan fingerprint density at radius 1 is 0.385 bits per heavy atom. The minimum Gasteiger partial charge on any atom is -0.462 e. The van der Waals surface area contributed by atoms with Crippen molar-refractivity contribution in [3.63, 3.8) is 0 Å². The molecule has 11 nitrogen and oxygen atoms in total. The zero-order chi connectivity index (χ0) is 56.9. The topological polar surface area (TPSA) is 155 Å². The molecule has 0 saturated heterocycles. The van der Waals surface area contributed by atoms with Gasteiger partial charge in [-0.05, 0) is 70.6 Å². The Bertz CT molecular complexity index is 1590. The van der Waals surface area contributed by atoms with Crippen LogP contribution in [0.2, 0.25) is 0 Å². The molecule has 0 aromatic rings. The van der Waals surface area contributed by atoms with Gasteiger partial charge in [0, 0.05) is 12.8 Å². The maximum atomic E-state index is 13.0. The van der Waals surface area contributed by atoms with E-state index in [0.29, 0.717) is 19.3 Å². The smallest absolute Gasteiger partial charge is 0.462 e. The number of allylic oxidation sites excluding steroid dienone is 11. The first kappa shape index (κ1) is 74.9. The fourth-order valence-electron chi connectivity index (χ4n) is 8.84. The Morgan fingerprint density at radius 3 is 1.12 bits per heavy atom. The summed E-state index contributed by atoms with van der Waals surface area (Å²) in [7, 11) is -4.78. The van der Waals surface area contributed by atoms with Gasteiger partial charge in [0.05, 0.1) is 26.2 Å².